The van der Waals surface area contributed by atoms with Crippen molar-refractivity contribution in [2.45, 2.75) is 20.4 Å². The fraction of sp³-hybridized carbons (Fsp3) is 0.250. The molecule has 2 aromatic carbocycles. The Morgan fingerprint density at radius 3 is 2.20 bits per heavy atom. The number of benzene rings is 2. The van der Waals surface area contributed by atoms with E-state index in [1.54, 1.807) is 12.1 Å². The van der Waals surface area contributed by atoms with Crippen molar-refractivity contribution in [2.24, 2.45) is 0 Å². The Balaban J connectivity index is 0.00000200. The molecule has 0 aromatic heterocycles. The van der Waals surface area contributed by atoms with E-state index in [2.05, 4.69) is 19.2 Å². The van der Waals surface area contributed by atoms with Crippen molar-refractivity contribution in [3.05, 3.63) is 57.9 Å². The number of hydrogen-bond acceptors (Lipinski definition) is 1. The molecule has 0 fully saturated rings. The summed E-state index contributed by atoms with van der Waals surface area (Å²) < 4.78 is 14.0. The van der Waals surface area contributed by atoms with Crippen molar-refractivity contribution < 1.29 is 4.39 Å². The predicted octanol–water partition coefficient (Wildman–Crippen LogP) is 4.90. The maximum atomic E-state index is 14.0. The van der Waals surface area contributed by atoms with Crippen LogP contribution in [0.25, 0.3) is 11.1 Å². The molecule has 0 saturated heterocycles. The number of aryl methyl sites for hydroxylation is 2. The lowest BCUT2D eigenvalue weighted by molar-refractivity contribution is 0.631. The third-order valence-corrected chi connectivity index (χ3v) is 3.53. The van der Waals surface area contributed by atoms with Crippen LogP contribution in [-0.4, -0.2) is 7.05 Å². The van der Waals surface area contributed by atoms with Crippen LogP contribution in [0.4, 0.5) is 4.39 Å². The number of rotatable bonds is 3. The third kappa shape index (κ3) is 3.51. The van der Waals surface area contributed by atoms with E-state index in [0.29, 0.717) is 10.6 Å². The molecule has 20 heavy (non-hydrogen) atoms. The average molecular weight is 314 g/mol. The monoisotopic (exact) mass is 313 g/mol. The SMILES string of the molecule is CNCc1c(C)cc(-c2ccc(Cl)cc2F)cc1C.Cl. The summed E-state index contributed by atoms with van der Waals surface area (Å²) in [6.07, 6.45) is 0. The quantitative estimate of drug-likeness (QED) is 0.849. The first-order valence-corrected chi connectivity index (χ1v) is 6.61. The largest absolute Gasteiger partial charge is 0.316 e. The van der Waals surface area contributed by atoms with Crippen LogP contribution in [0.15, 0.2) is 30.3 Å². The third-order valence-electron chi connectivity index (χ3n) is 3.29. The van der Waals surface area contributed by atoms with Crippen molar-refractivity contribution in [1.82, 2.24) is 5.32 Å². The first-order chi connectivity index (χ1) is 9.02. The van der Waals surface area contributed by atoms with Crippen molar-refractivity contribution in [2.75, 3.05) is 7.05 Å². The Morgan fingerprint density at radius 1 is 1.10 bits per heavy atom. The topological polar surface area (TPSA) is 12.0 Å². The molecule has 0 bridgehead atoms. The molecule has 4 heteroatoms. The van der Waals surface area contributed by atoms with Crippen LogP contribution < -0.4 is 5.32 Å². The van der Waals surface area contributed by atoms with Crippen LogP contribution in [0, 0.1) is 19.7 Å². The molecule has 0 amide bonds. The van der Waals surface area contributed by atoms with Gasteiger partial charge < -0.3 is 5.32 Å². The van der Waals surface area contributed by atoms with Crippen LogP contribution >= 0.6 is 24.0 Å². The first-order valence-electron chi connectivity index (χ1n) is 6.23. The van der Waals surface area contributed by atoms with Gasteiger partial charge in [-0.25, -0.2) is 4.39 Å². The molecule has 1 nitrogen and oxygen atoms in total. The minimum atomic E-state index is -0.285. The lowest BCUT2D eigenvalue weighted by Crippen LogP contribution is -2.08. The smallest absolute Gasteiger partial charge is 0.132 e. The fourth-order valence-corrected chi connectivity index (χ4v) is 2.49. The first kappa shape index (κ1) is 17.0. The van der Waals surface area contributed by atoms with Crippen LogP contribution in [0.1, 0.15) is 16.7 Å². The number of halogens is 3. The van der Waals surface area contributed by atoms with Gasteiger partial charge in [0.25, 0.3) is 0 Å². The Morgan fingerprint density at radius 2 is 1.70 bits per heavy atom. The van der Waals surface area contributed by atoms with E-state index in [1.807, 2.05) is 19.2 Å². The van der Waals surface area contributed by atoms with E-state index >= 15 is 0 Å². The van der Waals surface area contributed by atoms with Gasteiger partial charge in [-0.05, 0) is 61.3 Å². The normalized spacial score (nSPS) is 10.2. The second-order valence-electron chi connectivity index (χ2n) is 4.74. The van der Waals surface area contributed by atoms with Gasteiger partial charge in [-0.1, -0.05) is 23.7 Å². The van der Waals surface area contributed by atoms with Gasteiger partial charge in [-0.3, -0.25) is 0 Å². The molecule has 0 atom stereocenters. The van der Waals surface area contributed by atoms with Gasteiger partial charge in [-0.15, -0.1) is 12.4 Å². The summed E-state index contributed by atoms with van der Waals surface area (Å²) in [6, 6.07) is 8.83. The zero-order chi connectivity index (χ0) is 14.0. The predicted molar refractivity (Wildman–Crippen MR) is 86.3 cm³/mol. The summed E-state index contributed by atoms with van der Waals surface area (Å²) >= 11 is 5.79. The summed E-state index contributed by atoms with van der Waals surface area (Å²) in [4.78, 5) is 0. The molecule has 0 heterocycles. The van der Waals surface area contributed by atoms with Gasteiger partial charge in [0.1, 0.15) is 5.82 Å². The fourth-order valence-electron chi connectivity index (χ4n) is 2.33. The van der Waals surface area contributed by atoms with E-state index in [1.165, 1.54) is 22.8 Å². The van der Waals surface area contributed by atoms with Crippen LogP contribution in [-0.2, 0) is 6.54 Å². The summed E-state index contributed by atoms with van der Waals surface area (Å²) in [6.45, 7) is 4.93. The molecule has 0 unspecified atom stereocenters. The highest BCUT2D eigenvalue weighted by molar-refractivity contribution is 6.30. The van der Waals surface area contributed by atoms with E-state index in [0.717, 1.165) is 12.1 Å². The minimum absolute atomic E-state index is 0. The van der Waals surface area contributed by atoms with Crippen molar-refractivity contribution in [3.63, 3.8) is 0 Å². The maximum absolute atomic E-state index is 14.0. The van der Waals surface area contributed by atoms with E-state index in [-0.39, 0.29) is 18.2 Å². The molecule has 0 spiro atoms. The molecular formula is C16H18Cl2FN. The van der Waals surface area contributed by atoms with Gasteiger partial charge in [0, 0.05) is 17.1 Å². The standard InChI is InChI=1S/C16H17ClFN.ClH/c1-10-6-12(7-11(2)15(10)9-19-3)14-5-4-13(17)8-16(14)18;/h4-8,19H,9H2,1-3H3;1H. The lowest BCUT2D eigenvalue weighted by atomic mass is 9.95. The summed E-state index contributed by atoms with van der Waals surface area (Å²) in [5, 5.41) is 3.57. The average Bonchev–Trinajstić information content (AvgIpc) is 2.33. The Bertz CT molecular complexity index is 588. The molecule has 2 rings (SSSR count). The van der Waals surface area contributed by atoms with Gasteiger partial charge in [0.05, 0.1) is 0 Å². The van der Waals surface area contributed by atoms with Gasteiger partial charge in [0.2, 0.25) is 0 Å². The molecule has 0 aliphatic rings. The summed E-state index contributed by atoms with van der Waals surface area (Å²) in [5.74, 6) is -0.285. The minimum Gasteiger partial charge on any atom is -0.316 e. The highest BCUT2D eigenvalue weighted by Crippen LogP contribution is 2.28. The van der Waals surface area contributed by atoms with Crippen molar-refractivity contribution >= 4 is 24.0 Å². The highest BCUT2D eigenvalue weighted by Gasteiger charge is 2.09. The number of hydrogen-bond donors (Lipinski definition) is 1. The van der Waals surface area contributed by atoms with E-state index < -0.39 is 0 Å². The van der Waals surface area contributed by atoms with Gasteiger partial charge >= 0.3 is 0 Å². The van der Waals surface area contributed by atoms with Crippen molar-refractivity contribution in [3.8, 4) is 11.1 Å². The zero-order valence-electron chi connectivity index (χ0n) is 11.8. The molecular weight excluding hydrogens is 296 g/mol. The zero-order valence-corrected chi connectivity index (χ0v) is 13.3. The van der Waals surface area contributed by atoms with E-state index in [9.17, 15) is 4.39 Å². The second kappa shape index (κ2) is 7.07. The van der Waals surface area contributed by atoms with Gasteiger partial charge in [0.15, 0.2) is 0 Å². The summed E-state index contributed by atoms with van der Waals surface area (Å²) in [7, 11) is 1.92. The second-order valence-corrected chi connectivity index (χ2v) is 5.18. The molecule has 108 valence electrons. The highest BCUT2D eigenvalue weighted by atomic mass is 35.5. The summed E-state index contributed by atoms with van der Waals surface area (Å²) in [5.41, 5.74) is 5.08. The molecule has 0 aliphatic carbocycles. The van der Waals surface area contributed by atoms with Gasteiger partial charge in [-0.2, -0.15) is 0 Å². The molecule has 0 saturated carbocycles. The van der Waals surface area contributed by atoms with Crippen LogP contribution in [0.5, 0.6) is 0 Å². The molecule has 2 aromatic rings. The molecule has 0 radical (unpaired) electrons. The van der Waals surface area contributed by atoms with Crippen LogP contribution in [0.3, 0.4) is 0 Å². The lowest BCUT2D eigenvalue weighted by Gasteiger charge is -2.13. The molecule has 1 N–H and O–H groups in total. The van der Waals surface area contributed by atoms with Crippen molar-refractivity contribution in [1.29, 1.82) is 0 Å². The van der Waals surface area contributed by atoms with E-state index in [4.69, 9.17) is 11.6 Å². The Hall–Kier alpha value is -1.09. The Kier molecular flexibility index (Phi) is 6.00. The Labute approximate surface area is 130 Å². The maximum Gasteiger partial charge on any atom is 0.132 e. The molecule has 0 aliphatic heterocycles. The number of nitrogens with one attached hydrogen (secondary N) is 1. The van der Waals surface area contributed by atoms with Crippen LogP contribution in [0.2, 0.25) is 5.02 Å².